The van der Waals surface area contributed by atoms with Crippen molar-refractivity contribution in [2.45, 2.75) is 44.6 Å². The Morgan fingerprint density at radius 1 is 1.13 bits per heavy atom. The average molecular weight is 446 g/mol. The molecule has 1 aromatic carbocycles. The van der Waals surface area contributed by atoms with Crippen molar-refractivity contribution >= 4 is 46.2 Å². The second kappa shape index (κ2) is 9.49. The number of halogens is 1. The van der Waals surface area contributed by atoms with Gasteiger partial charge < -0.3 is 0 Å². The fourth-order valence-electron chi connectivity index (χ4n) is 2.81. The van der Waals surface area contributed by atoms with Gasteiger partial charge in [0, 0.05) is 21.7 Å². The lowest BCUT2D eigenvalue weighted by Gasteiger charge is -2.12. The maximum absolute atomic E-state index is 12.8. The van der Waals surface area contributed by atoms with Crippen LogP contribution in [-0.2, 0) is 4.79 Å². The van der Waals surface area contributed by atoms with Crippen molar-refractivity contribution in [3.05, 3.63) is 52.8 Å². The van der Waals surface area contributed by atoms with Gasteiger partial charge in [0.05, 0.1) is 22.9 Å². The summed E-state index contributed by atoms with van der Waals surface area (Å²) < 4.78 is 1.79. The van der Waals surface area contributed by atoms with Crippen LogP contribution in [0.15, 0.2) is 41.4 Å². The first-order chi connectivity index (χ1) is 14.3. The van der Waals surface area contributed by atoms with Crippen LogP contribution in [0.5, 0.6) is 0 Å². The monoisotopic (exact) mass is 445 g/mol. The zero-order valence-electron chi connectivity index (χ0n) is 17.3. The van der Waals surface area contributed by atoms with E-state index in [2.05, 4.69) is 20.9 Å². The standard InChI is InChI=1S/C21H24ClN5O2S/c1-12(2)18-9-16(17-10-23-27(13(3)4)20(17)24-18)21(29)26-25-19(28)11-30-15-7-5-14(22)6-8-15/h5-10,12-13H,11H2,1-4H3,(H,25,28)(H,26,29). The van der Waals surface area contributed by atoms with Crippen LogP contribution in [0.4, 0.5) is 0 Å². The molecule has 0 spiro atoms. The van der Waals surface area contributed by atoms with E-state index < -0.39 is 5.91 Å². The van der Waals surface area contributed by atoms with Crippen LogP contribution in [0.2, 0.25) is 5.02 Å². The van der Waals surface area contributed by atoms with Gasteiger partial charge in [-0.05, 0) is 50.1 Å². The predicted molar refractivity (Wildman–Crippen MR) is 120 cm³/mol. The molecule has 0 aliphatic carbocycles. The summed E-state index contributed by atoms with van der Waals surface area (Å²) in [6.45, 7) is 8.05. The van der Waals surface area contributed by atoms with Crippen LogP contribution in [0.25, 0.3) is 11.0 Å². The second-order valence-electron chi connectivity index (χ2n) is 7.41. The van der Waals surface area contributed by atoms with Gasteiger partial charge in [-0.25, -0.2) is 9.67 Å². The molecule has 0 bridgehead atoms. The molecule has 7 nitrogen and oxygen atoms in total. The van der Waals surface area contributed by atoms with E-state index in [4.69, 9.17) is 11.6 Å². The number of fused-ring (bicyclic) bond motifs is 1. The first-order valence-corrected chi connectivity index (χ1v) is 11.0. The molecule has 0 fully saturated rings. The summed E-state index contributed by atoms with van der Waals surface area (Å²) in [6, 6.07) is 9.07. The van der Waals surface area contributed by atoms with Gasteiger partial charge in [0.25, 0.3) is 5.91 Å². The molecule has 0 unspecified atom stereocenters. The molecule has 3 aromatic rings. The van der Waals surface area contributed by atoms with E-state index in [1.165, 1.54) is 11.8 Å². The number of carbonyl (C=O) groups is 2. The lowest BCUT2D eigenvalue weighted by Crippen LogP contribution is -2.42. The minimum Gasteiger partial charge on any atom is -0.272 e. The summed E-state index contributed by atoms with van der Waals surface area (Å²) in [5.41, 5.74) is 6.86. The first-order valence-electron chi connectivity index (χ1n) is 9.62. The molecule has 9 heteroatoms. The molecule has 0 saturated carbocycles. The molecule has 0 radical (unpaired) electrons. The predicted octanol–water partition coefficient (Wildman–Crippen LogP) is 4.34. The number of hydrazine groups is 1. The Labute approximate surface area is 184 Å². The summed E-state index contributed by atoms with van der Waals surface area (Å²) in [7, 11) is 0. The van der Waals surface area contributed by atoms with E-state index >= 15 is 0 Å². The third-order valence-electron chi connectivity index (χ3n) is 4.41. The summed E-state index contributed by atoms with van der Waals surface area (Å²) >= 11 is 7.22. The van der Waals surface area contributed by atoms with Gasteiger partial charge >= 0.3 is 0 Å². The lowest BCUT2D eigenvalue weighted by molar-refractivity contribution is -0.119. The topological polar surface area (TPSA) is 88.9 Å². The van der Waals surface area contributed by atoms with Crippen molar-refractivity contribution in [1.29, 1.82) is 0 Å². The highest BCUT2D eigenvalue weighted by Gasteiger charge is 2.19. The molecule has 0 atom stereocenters. The molecule has 0 saturated heterocycles. The maximum Gasteiger partial charge on any atom is 0.270 e. The van der Waals surface area contributed by atoms with Gasteiger partial charge in [-0.15, -0.1) is 11.8 Å². The van der Waals surface area contributed by atoms with Crippen LogP contribution in [0.1, 0.15) is 55.7 Å². The zero-order valence-corrected chi connectivity index (χ0v) is 18.8. The Bertz CT molecular complexity index is 1060. The van der Waals surface area contributed by atoms with Crippen molar-refractivity contribution in [2.24, 2.45) is 0 Å². The third kappa shape index (κ3) is 5.12. The summed E-state index contributed by atoms with van der Waals surface area (Å²) in [6.07, 6.45) is 1.64. The molecule has 158 valence electrons. The van der Waals surface area contributed by atoms with Crippen LogP contribution >= 0.6 is 23.4 Å². The van der Waals surface area contributed by atoms with Gasteiger partial charge in [0.2, 0.25) is 5.91 Å². The summed E-state index contributed by atoms with van der Waals surface area (Å²) in [5, 5.41) is 5.67. The van der Waals surface area contributed by atoms with E-state index in [1.54, 1.807) is 29.1 Å². The van der Waals surface area contributed by atoms with Gasteiger partial charge in [-0.3, -0.25) is 20.4 Å². The number of aromatic nitrogens is 3. The highest BCUT2D eigenvalue weighted by Crippen LogP contribution is 2.24. The van der Waals surface area contributed by atoms with Crippen LogP contribution in [-0.4, -0.2) is 32.3 Å². The summed E-state index contributed by atoms with van der Waals surface area (Å²) in [5.74, 6) is -0.411. The van der Waals surface area contributed by atoms with Gasteiger partial charge in [0.1, 0.15) is 0 Å². The largest absolute Gasteiger partial charge is 0.272 e. The Balaban J connectivity index is 1.71. The molecule has 2 heterocycles. The lowest BCUT2D eigenvalue weighted by atomic mass is 10.1. The fraction of sp³-hybridized carbons (Fsp3) is 0.333. The molecule has 2 amide bonds. The fourth-order valence-corrected chi connectivity index (χ4v) is 3.63. The highest BCUT2D eigenvalue weighted by atomic mass is 35.5. The normalized spacial score (nSPS) is 11.3. The molecular weight excluding hydrogens is 422 g/mol. The minimum absolute atomic E-state index is 0.109. The molecule has 0 aliphatic heterocycles. The van der Waals surface area contributed by atoms with Crippen molar-refractivity contribution < 1.29 is 9.59 Å². The number of hydrogen-bond donors (Lipinski definition) is 2. The van der Waals surface area contributed by atoms with E-state index in [9.17, 15) is 9.59 Å². The number of nitrogens with zero attached hydrogens (tertiary/aromatic N) is 3. The minimum atomic E-state index is -0.405. The average Bonchev–Trinajstić information content (AvgIpc) is 3.15. The SMILES string of the molecule is CC(C)c1cc(C(=O)NNC(=O)CSc2ccc(Cl)cc2)c2cnn(C(C)C)c2n1. The van der Waals surface area contributed by atoms with Gasteiger partial charge in [-0.2, -0.15) is 5.10 Å². The molecule has 2 aromatic heterocycles. The number of carbonyl (C=O) groups excluding carboxylic acids is 2. The molecule has 2 N–H and O–H groups in total. The third-order valence-corrected chi connectivity index (χ3v) is 5.67. The van der Waals surface area contributed by atoms with Crippen molar-refractivity contribution in [1.82, 2.24) is 25.6 Å². The molecule has 30 heavy (non-hydrogen) atoms. The Morgan fingerprint density at radius 3 is 2.47 bits per heavy atom. The second-order valence-corrected chi connectivity index (χ2v) is 8.90. The zero-order chi connectivity index (χ0) is 21.8. The van der Waals surface area contributed by atoms with Crippen molar-refractivity contribution in [3.8, 4) is 0 Å². The van der Waals surface area contributed by atoms with Crippen LogP contribution in [0, 0.1) is 0 Å². The quantitative estimate of drug-likeness (QED) is 0.435. The first kappa shape index (κ1) is 22.1. The number of amides is 2. The van der Waals surface area contributed by atoms with E-state index in [0.29, 0.717) is 21.6 Å². The number of nitrogens with one attached hydrogen (secondary N) is 2. The Hall–Kier alpha value is -2.58. The highest BCUT2D eigenvalue weighted by molar-refractivity contribution is 8.00. The number of pyridine rings is 1. The number of rotatable bonds is 6. The molecule has 0 aliphatic rings. The Kier molecular flexibility index (Phi) is 6.99. The van der Waals surface area contributed by atoms with Crippen LogP contribution in [0.3, 0.4) is 0 Å². The van der Waals surface area contributed by atoms with E-state index in [0.717, 1.165) is 10.6 Å². The summed E-state index contributed by atoms with van der Waals surface area (Å²) in [4.78, 5) is 30.6. The number of thioether (sulfide) groups is 1. The smallest absolute Gasteiger partial charge is 0.270 e. The van der Waals surface area contributed by atoms with E-state index in [1.807, 2.05) is 39.8 Å². The van der Waals surface area contributed by atoms with E-state index in [-0.39, 0.29) is 23.6 Å². The Morgan fingerprint density at radius 2 is 1.83 bits per heavy atom. The van der Waals surface area contributed by atoms with Gasteiger partial charge in [0.15, 0.2) is 5.65 Å². The van der Waals surface area contributed by atoms with Crippen molar-refractivity contribution in [2.75, 3.05) is 5.75 Å². The maximum atomic E-state index is 12.8. The number of benzene rings is 1. The number of hydrogen-bond acceptors (Lipinski definition) is 5. The van der Waals surface area contributed by atoms with Crippen LogP contribution < -0.4 is 10.9 Å². The van der Waals surface area contributed by atoms with Crippen molar-refractivity contribution in [3.63, 3.8) is 0 Å². The molecule has 3 rings (SSSR count). The van der Waals surface area contributed by atoms with Gasteiger partial charge in [-0.1, -0.05) is 25.4 Å². The molecular formula is C21H24ClN5O2S.